The van der Waals surface area contributed by atoms with E-state index in [0.717, 1.165) is 22.1 Å². The smallest absolute Gasteiger partial charge is 0.319 e. The van der Waals surface area contributed by atoms with Crippen molar-refractivity contribution in [2.45, 2.75) is 38.6 Å². The molecule has 2 atom stereocenters. The summed E-state index contributed by atoms with van der Waals surface area (Å²) < 4.78 is 0.977. The van der Waals surface area contributed by atoms with Gasteiger partial charge in [-0.05, 0) is 49.4 Å². The summed E-state index contributed by atoms with van der Waals surface area (Å²) in [5, 5.41) is 14.7. The zero-order valence-electron chi connectivity index (χ0n) is 11.9. The third-order valence-electron chi connectivity index (χ3n) is 3.81. The minimum absolute atomic E-state index is 0.0633. The Hall–Kier alpha value is -1.56. The number of hydrogen-bond donors (Lipinski definition) is 3. The molecule has 0 heterocycles. The predicted octanol–water partition coefficient (Wildman–Crippen LogP) is 3.39. The van der Waals surface area contributed by atoms with Crippen LogP contribution in [0.1, 0.15) is 31.7 Å². The molecule has 0 saturated heterocycles. The molecule has 2 rings (SSSR count). The SMILES string of the molecule is CCc1cc(Br)ccc1NC(=O)NC1CCC(C(=O)O)C1. The highest BCUT2D eigenvalue weighted by Crippen LogP contribution is 2.26. The lowest BCUT2D eigenvalue weighted by Gasteiger charge is -2.15. The van der Waals surface area contributed by atoms with Crippen molar-refractivity contribution in [2.24, 2.45) is 5.92 Å². The van der Waals surface area contributed by atoms with Crippen LogP contribution in [0.5, 0.6) is 0 Å². The molecule has 0 spiro atoms. The molecule has 0 aromatic heterocycles. The molecule has 21 heavy (non-hydrogen) atoms. The van der Waals surface area contributed by atoms with Gasteiger partial charge in [0.15, 0.2) is 0 Å². The minimum Gasteiger partial charge on any atom is -0.481 e. The Balaban J connectivity index is 1.92. The quantitative estimate of drug-likeness (QED) is 0.775. The second kappa shape index (κ2) is 6.93. The first-order chi connectivity index (χ1) is 9.99. The Labute approximate surface area is 132 Å². The summed E-state index contributed by atoms with van der Waals surface area (Å²) in [4.78, 5) is 22.9. The van der Waals surface area contributed by atoms with E-state index in [1.165, 1.54) is 0 Å². The second-order valence-electron chi connectivity index (χ2n) is 5.30. The zero-order valence-corrected chi connectivity index (χ0v) is 13.4. The molecule has 5 nitrogen and oxygen atoms in total. The normalized spacial score (nSPS) is 21.0. The average Bonchev–Trinajstić information content (AvgIpc) is 2.89. The number of anilines is 1. The van der Waals surface area contributed by atoms with Crippen LogP contribution in [0.25, 0.3) is 0 Å². The summed E-state index contributed by atoms with van der Waals surface area (Å²) in [7, 11) is 0. The fraction of sp³-hybridized carbons (Fsp3) is 0.467. The van der Waals surface area contributed by atoms with Gasteiger partial charge in [-0.3, -0.25) is 4.79 Å². The molecule has 0 aliphatic heterocycles. The van der Waals surface area contributed by atoms with E-state index in [2.05, 4.69) is 26.6 Å². The van der Waals surface area contributed by atoms with Crippen molar-refractivity contribution in [1.82, 2.24) is 5.32 Å². The van der Waals surface area contributed by atoms with Crippen LogP contribution in [0, 0.1) is 5.92 Å². The topological polar surface area (TPSA) is 78.4 Å². The maximum Gasteiger partial charge on any atom is 0.319 e. The molecule has 6 heteroatoms. The highest BCUT2D eigenvalue weighted by molar-refractivity contribution is 9.10. The van der Waals surface area contributed by atoms with E-state index in [-0.39, 0.29) is 18.0 Å². The summed E-state index contributed by atoms with van der Waals surface area (Å²) in [6.45, 7) is 2.03. The Kier molecular flexibility index (Phi) is 5.22. The van der Waals surface area contributed by atoms with E-state index in [0.29, 0.717) is 19.3 Å². The standard InChI is InChI=1S/C15H19BrN2O3/c1-2-9-7-11(16)4-6-13(9)18-15(21)17-12-5-3-10(8-12)14(19)20/h4,6-7,10,12H,2-3,5,8H2,1H3,(H,19,20)(H2,17,18,21). The molecule has 1 aliphatic carbocycles. The summed E-state index contributed by atoms with van der Waals surface area (Å²) >= 11 is 3.41. The highest BCUT2D eigenvalue weighted by atomic mass is 79.9. The van der Waals surface area contributed by atoms with Crippen molar-refractivity contribution in [3.05, 3.63) is 28.2 Å². The van der Waals surface area contributed by atoms with E-state index in [1.54, 1.807) is 0 Å². The molecule has 114 valence electrons. The number of carbonyl (C=O) groups excluding carboxylic acids is 1. The molecule has 1 aromatic carbocycles. The lowest BCUT2D eigenvalue weighted by atomic mass is 10.1. The van der Waals surface area contributed by atoms with Crippen LogP contribution >= 0.6 is 15.9 Å². The summed E-state index contributed by atoms with van der Waals surface area (Å²) in [6, 6.07) is 5.38. The highest BCUT2D eigenvalue weighted by Gasteiger charge is 2.30. The number of halogens is 1. The van der Waals surface area contributed by atoms with E-state index in [1.807, 2.05) is 25.1 Å². The first kappa shape index (κ1) is 15.8. The largest absolute Gasteiger partial charge is 0.481 e. The lowest BCUT2D eigenvalue weighted by molar-refractivity contribution is -0.141. The van der Waals surface area contributed by atoms with E-state index >= 15 is 0 Å². The van der Waals surface area contributed by atoms with Crippen LogP contribution in [0.2, 0.25) is 0 Å². The summed E-state index contributed by atoms with van der Waals surface area (Å²) in [5.41, 5.74) is 1.83. The van der Waals surface area contributed by atoms with Gasteiger partial charge in [0.2, 0.25) is 0 Å². The molecule has 1 aliphatic rings. The fourth-order valence-electron chi connectivity index (χ4n) is 2.66. The fourth-order valence-corrected chi connectivity index (χ4v) is 3.07. The van der Waals surface area contributed by atoms with Crippen molar-refractivity contribution in [3.63, 3.8) is 0 Å². The first-order valence-electron chi connectivity index (χ1n) is 7.08. The van der Waals surface area contributed by atoms with E-state index < -0.39 is 5.97 Å². The summed E-state index contributed by atoms with van der Waals surface area (Å²) in [6.07, 6.45) is 2.66. The van der Waals surface area contributed by atoms with Crippen LogP contribution < -0.4 is 10.6 Å². The molecular formula is C15H19BrN2O3. The number of carboxylic acid groups (broad SMARTS) is 1. The van der Waals surface area contributed by atoms with Crippen molar-refractivity contribution < 1.29 is 14.7 Å². The Morgan fingerprint density at radius 3 is 2.76 bits per heavy atom. The lowest BCUT2D eigenvalue weighted by Crippen LogP contribution is -2.36. The van der Waals surface area contributed by atoms with Gasteiger partial charge < -0.3 is 15.7 Å². The number of hydrogen-bond acceptors (Lipinski definition) is 2. The molecule has 1 saturated carbocycles. The number of urea groups is 1. The zero-order chi connectivity index (χ0) is 15.4. The second-order valence-corrected chi connectivity index (χ2v) is 6.21. The van der Waals surface area contributed by atoms with Gasteiger partial charge in [0.1, 0.15) is 0 Å². The Morgan fingerprint density at radius 1 is 1.38 bits per heavy atom. The van der Waals surface area contributed by atoms with Crippen LogP contribution in [0.15, 0.2) is 22.7 Å². The first-order valence-corrected chi connectivity index (χ1v) is 7.87. The van der Waals surface area contributed by atoms with Crippen molar-refractivity contribution >= 4 is 33.6 Å². The van der Waals surface area contributed by atoms with Crippen LogP contribution in [0.4, 0.5) is 10.5 Å². The van der Waals surface area contributed by atoms with Gasteiger partial charge in [-0.1, -0.05) is 22.9 Å². The van der Waals surface area contributed by atoms with E-state index in [4.69, 9.17) is 5.11 Å². The van der Waals surface area contributed by atoms with Crippen molar-refractivity contribution in [2.75, 3.05) is 5.32 Å². The number of benzene rings is 1. The average molecular weight is 355 g/mol. The van der Waals surface area contributed by atoms with Gasteiger partial charge in [-0.2, -0.15) is 0 Å². The molecular weight excluding hydrogens is 336 g/mol. The number of amides is 2. The van der Waals surface area contributed by atoms with Crippen molar-refractivity contribution in [3.8, 4) is 0 Å². The van der Waals surface area contributed by atoms with Crippen LogP contribution in [-0.4, -0.2) is 23.1 Å². The summed E-state index contributed by atoms with van der Waals surface area (Å²) in [5.74, 6) is -1.12. The van der Waals surface area contributed by atoms with E-state index in [9.17, 15) is 9.59 Å². The maximum atomic E-state index is 12.0. The van der Waals surface area contributed by atoms with Gasteiger partial charge in [0.25, 0.3) is 0 Å². The number of aliphatic carboxylic acids is 1. The van der Waals surface area contributed by atoms with Crippen LogP contribution in [0.3, 0.4) is 0 Å². The van der Waals surface area contributed by atoms with Gasteiger partial charge in [-0.15, -0.1) is 0 Å². The molecule has 0 bridgehead atoms. The third kappa shape index (κ3) is 4.20. The molecule has 1 fully saturated rings. The van der Waals surface area contributed by atoms with Crippen LogP contribution in [-0.2, 0) is 11.2 Å². The number of carbonyl (C=O) groups is 2. The van der Waals surface area contributed by atoms with Crippen molar-refractivity contribution in [1.29, 1.82) is 0 Å². The van der Waals surface area contributed by atoms with Gasteiger partial charge in [0, 0.05) is 16.2 Å². The number of nitrogens with one attached hydrogen (secondary N) is 2. The Bertz CT molecular complexity index is 548. The number of aryl methyl sites for hydroxylation is 1. The molecule has 2 amide bonds. The maximum absolute atomic E-state index is 12.0. The Morgan fingerprint density at radius 2 is 2.14 bits per heavy atom. The number of rotatable bonds is 4. The molecule has 1 aromatic rings. The van der Waals surface area contributed by atoms with Gasteiger partial charge in [-0.25, -0.2) is 4.79 Å². The molecule has 0 radical (unpaired) electrons. The van der Waals surface area contributed by atoms with Gasteiger partial charge >= 0.3 is 12.0 Å². The predicted molar refractivity (Wildman–Crippen MR) is 84.4 cm³/mol. The number of carboxylic acids is 1. The molecule has 3 N–H and O–H groups in total. The van der Waals surface area contributed by atoms with Gasteiger partial charge in [0.05, 0.1) is 5.92 Å². The monoisotopic (exact) mass is 354 g/mol. The minimum atomic E-state index is -0.777. The third-order valence-corrected chi connectivity index (χ3v) is 4.31. The molecule has 2 unspecified atom stereocenters.